The van der Waals surface area contributed by atoms with Crippen LogP contribution in [-0.2, 0) is 16.6 Å². The van der Waals surface area contributed by atoms with Gasteiger partial charge in [0.2, 0.25) is 11.8 Å². The zero-order valence-corrected chi connectivity index (χ0v) is 25.8. The second-order valence-electron chi connectivity index (χ2n) is 12.3. The number of nitrogens with zero attached hydrogens (tertiary/aromatic N) is 3. The molecular weight excluding hydrogens is 580 g/mol. The number of hydrogen-bond acceptors (Lipinski definition) is 5. The molecule has 2 unspecified atom stereocenters. The van der Waals surface area contributed by atoms with Gasteiger partial charge in [0.1, 0.15) is 5.75 Å². The van der Waals surface area contributed by atoms with Gasteiger partial charge in [0, 0.05) is 35.4 Å². The smallest absolute Gasteiger partial charge is 0.235 e. The van der Waals surface area contributed by atoms with Crippen molar-refractivity contribution in [3.05, 3.63) is 57.7 Å². The highest BCUT2D eigenvalue weighted by atomic mass is 79.9. The Balaban J connectivity index is 1.00. The van der Waals surface area contributed by atoms with Crippen LogP contribution in [0.25, 0.3) is 10.9 Å². The molecule has 1 N–H and O–H groups in total. The predicted octanol–water partition coefficient (Wildman–Crippen LogP) is 6.37. The Morgan fingerprint density at radius 1 is 1.05 bits per heavy atom. The molecule has 3 aliphatic rings. The summed E-state index contributed by atoms with van der Waals surface area (Å²) in [6, 6.07) is 12.6. The first-order chi connectivity index (χ1) is 19.9. The lowest BCUT2D eigenvalue weighted by atomic mass is 9.84. The van der Waals surface area contributed by atoms with E-state index in [0.717, 1.165) is 71.6 Å². The zero-order chi connectivity index (χ0) is 28.5. The number of amides is 2. The Labute approximate surface area is 251 Å². The molecule has 3 fully saturated rings. The lowest BCUT2D eigenvalue weighted by Crippen LogP contribution is -2.39. The van der Waals surface area contributed by atoms with Gasteiger partial charge in [0.15, 0.2) is 0 Å². The number of piperidine rings is 1. The SMILES string of the molecule is Cc1c(Br)cccc1OC1CCC(CCCN2CCC(c3cccc4c(C5CCC(=O)NC5=O)nn(C)c34)C2)CC1. The first-order valence-corrected chi connectivity index (χ1v) is 16.1. The van der Waals surface area contributed by atoms with Gasteiger partial charge in [0.05, 0.1) is 23.2 Å². The molecule has 3 heterocycles. The number of carbonyl (C=O) groups excluding carboxylic acids is 2. The second-order valence-corrected chi connectivity index (χ2v) is 13.2. The molecule has 2 aromatic carbocycles. The summed E-state index contributed by atoms with van der Waals surface area (Å²) in [5.74, 6) is 1.52. The number of aryl methyl sites for hydroxylation is 1. The molecule has 6 rings (SSSR count). The van der Waals surface area contributed by atoms with Crippen LogP contribution in [0.1, 0.15) is 86.4 Å². The van der Waals surface area contributed by atoms with E-state index in [1.807, 2.05) is 11.7 Å². The van der Waals surface area contributed by atoms with E-state index in [4.69, 9.17) is 9.84 Å². The van der Waals surface area contributed by atoms with Crippen LogP contribution in [0.15, 0.2) is 40.9 Å². The summed E-state index contributed by atoms with van der Waals surface area (Å²) < 4.78 is 9.42. The van der Waals surface area contributed by atoms with Gasteiger partial charge < -0.3 is 9.64 Å². The number of aromatic nitrogens is 2. The number of likely N-dealkylation sites (tertiary alicyclic amines) is 1. The van der Waals surface area contributed by atoms with Gasteiger partial charge in [-0.1, -0.05) is 40.2 Å². The summed E-state index contributed by atoms with van der Waals surface area (Å²) in [5.41, 5.74) is 4.46. The summed E-state index contributed by atoms with van der Waals surface area (Å²) in [7, 11) is 1.98. The van der Waals surface area contributed by atoms with Gasteiger partial charge >= 0.3 is 0 Å². The molecule has 1 aromatic heterocycles. The molecule has 0 radical (unpaired) electrons. The number of hydrogen-bond donors (Lipinski definition) is 1. The molecule has 41 heavy (non-hydrogen) atoms. The monoisotopic (exact) mass is 620 g/mol. The van der Waals surface area contributed by atoms with Crippen LogP contribution in [0.4, 0.5) is 0 Å². The molecule has 2 aliphatic heterocycles. The third-order valence-corrected chi connectivity index (χ3v) is 10.5. The fraction of sp³-hybridized carbons (Fsp3) is 0.545. The number of imide groups is 1. The Morgan fingerprint density at radius 3 is 2.66 bits per heavy atom. The van der Waals surface area contributed by atoms with Crippen molar-refractivity contribution in [3.8, 4) is 5.75 Å². The molecule has 2 atom stereocenters. The van der Waals surface area contributed by atoms with E-state index in [9.17, 15) is 9.59 Å². The first kappa shape index (κ1) is 28.4. The summed E-state index contributed by atoms with van der Waals surface area (Å²) in [5, 5.41) is 8.34. The molecule has 218 valence electrons. The molecule has 2 saturated heterocycles. The van der Waals surface area contributed by atoms with Crippen LogP contribution < -0.4 is 10.1 Å². The van der Waals surface area contributed by atoms with Crippen molar-refractivity contribution in [3.63, 3.8) is 0 Å². The maximum Gasteiger partial charge on any atom is 0.235 e. The van der Waals surface area contributed by atoms with Crippen molar-refractivity contribution in [2.45, 2.75) is 82.7 Å². The van der Waals surface area contributed by atoms with Crippen LogP contribution in [0, 0.1) is 12.8 Å². The largest absolute Gasteiger partial charge is 0.490 e. The van der Waals surface area contributed by atoms with Crippen molar-refractivity contribution >= 4 is 38.6 Å². The van der Waals surface area contributed by atoms with Gasteiger partial charge in [-0.25, -0.2) is 0 Å². The fourth-order valence-electron chi connectivity index (χ4n) is 7.26. The molecule has 0 bridgehead atoms. The quantitative estimate of drug-likeness (QED) is 0.296. The Bertz CT molecular complexity index is 1430. The highest BCUT2D eigenvalue weighted by molar-refractivity contribution is 9.10. The van der Waals surface area contributed by atoms with Gasteiger partial charge in [-0.05, 0) is 101 Å². The zero-order valence-electron chi connectivity index (χ0n) is 24.2. The number of para-hydroxylation sites is 1. The van der Waals surface area contributed by atoms with Crippen LogP contribution in [0.5, 0.6) is 5.75 Å². The first-order valence-electron chi connectivity index (χ1n) is 15.3. The molecule has 0 spiro atoms. The number of nitrogens with one attached hydrogen (secondary N) is 1. The highest BCUT2D eigenvalue weighted by Gasteiger charge is 2.33. The Morgan fingerprint density at radius 2 is 1.85 bits per heavy atom. The molecule has 2 amide bonds. The van der Waals surface area contributed by atoms with Crippen molar-refractivity contribution in [2.24, 2.45) is 13.0 Å². The lowest BCUT2D eigenvalue weighted by Gasteiger charge is -2.30. The minimum atomic E-state index is -0.363. The highest BCUT2D eigenvalue weighted by Crippen LogP contribution is 2.37. The number of rotatable bonds is 8. The normalized spacial score (nSPS) is 25.5. The van der Waals surface area contributed by atoms with Crippen molar-refractivity contribution < 1.29 is 14.3 Å². The van der Waals surface area contributed by atoms with E-state index in [1.54, 1.807) is 0 Å². The molecule has 3 aromatic rings. The average molecular weight is 622 g/mol. The topological polar surface area (TPSA) is 76.5 Å². The number of benzene rings is 2. The van der Waals surface area contributed by atoms with Crippen LogP contribution in [0.3, 0.4) is 0 Å². The molecule has 1 saturated carbocycles. The standard InChI is InChI=1S/C33H41BrN4O3/c1-21-28(34)9-4-10-29(21)41-24-13-11-22(12-14-24)6-5-18-38-19-17-23(20-38)25-7-3-8-26-31(36-37(2)32(25)26)27-15-16-30(39)35-33(27)40/h3-4,7-10,22-24,27H,5-6,11-20H2,1-2H3,(H,35,39,40). The van der Waals surface area contributed by atoms with E-state index < -0.39 is 0 Å². The van der Waals surface area contributed by atoms with E-state index >= 15 is 0 Å². The maximum absolute atomic E-state index is 12.6. The van der Waals surface area contributed by atoms with Gasteiger partial charge in [-0.2, -0.15) is 5.10 Å². The Kier molecular flexibility index (Phi) is 8.50. The van der Waals surface area contributed by atoms with Crippen LogP contribution in [0.2, 0.25) is 0 Å². The maximum atomic E-state index is 12.6. The van der Waals surface area contributed by atoms with Crippen molar-refractivity contribution in [1.82, 2.24) is 20.0 Å². The van der Waals surface area contributed by atoms with E-state index in [1.165, 1.54) is 36.8 Å². The average Bonchev–Trinajstić information content (AvgIpc) is 3.57. The van der Waals surface area contributed by atoms with Crippen LogP contribution >= 0.6 is 15.9 Å². The molecule has 7 nitrogen and oxygen atoms in total. The lowest BCUT2D eigenvalue weighted by molar-refractivity contribution is -0.134. The summed E-state index contributed by atoms with van der Waals surface area (Å²) in [6.45, 7) is 5.48. The second kappa shape index (κ2) is 12.3. The summed E-state index contributed by atoms with van der Waals surface area (Å²) in [6.07, 6.45) is 9.76. The minimum Gasteiger partial charge on any atom is -0.490 e. The third-order valence-electron chi connectivity index (χ3n) is 9.60. The van der Waals surface area contributed by atoms with Crippen molar-refractivity contribution in [2.75, 3.05) is 19.6 Å². The molecule has 8 heteroatoms. The summed E-state index contributed by atoms with van der Waals surface area (Å²) >= 11 is 3.62. The van der Waals surface area contributed by atoms with Gasteiger partial charge in [-0.15, -0.1) is 0 Å². The number of halogens is 1. The molecular formula is C33H41BrN4O3. The Hall–Kier alpha value is -2.71. The van der Waals surface area contributed by atoms with Crippen LogP contribution in [-0.4, -0.2) is 52.2 Å². The third kappa shape index (κ3) is 6.09. The number of ether oxygens (including phenoxy) is 1. The fourth-order valence-corrected chi connectivity index (χ4v) is 7.61. The minimum absolute atomic E-state index is 0.188. The van der Waals surface area contributed by atoms with E-state index in [-0.39, 0.29) is 17.7 Å². The predicted molar refractivity (Wildman–Crippen MR) is 164 cm³/mol. The van der Waals surface area contributed by atoms with Gasteiger partial charge in [0.25, 0.3) is 0 Å². The van der Waals surface area contributed by atoms with E-state index in [0.29, 0.717) is 24.9 Å². The van der Waals surface area contributed by atoms with E-state index in [2.05, 4.69) is 69.5 Å². The number of fused-ring (bicyclic) bond motifs is 1. The molecule has 1 aliphatic carbocycles. The van der Waals surface area contributed by atoms with Crippen molar-refractivity contribution in [1.29, 1.82) is 0 Å². The van der Waals surface area contributed by atoms with Gasteiger partial charge in [-0.3, -0.25) is 19.6 Å². The summed E-state index contributed by atoms with van der Waals surface area (Å²) in [4.78, 5) is 26.9. The number of carbonyl (C=O) groups is 2.